The number of rotatable bonds is 8. The number of nitrogens with zero attached hydrogens (tertiary/aromatic N) is 1. The molecule has 0 saturated heterocycles. The zero-order valence-electron chi connectivity index (χ0n) is 19.4. The van der Waals surface area contributed by atoms with E-state index in [-0.39, 0.29) is 23.3 Å². The van der Waals surface area contributed by atoms with Crippen LogP contribution in [0.4, 0.5) is 11.5 Å². The molecule has 0 spiro atoms. The second kappa shape index (κ2) is 9.77. The van der Waals surface area contributed by atoms with Crippen LogP contribution in [0.1, 0.15) is 33.3 Å². The summed E-state index contributed by atoms with van der Waals surface area (Å²) in [5.74, 6) is 0.589. The van der Waals surface area contributed by atoms with Crippen molar-refractivity contribution in [3.8, 4) is 28.3 Å². The highest BCUT2D eigenvalue weighted by Crippen LogP contribution is 2.34. The number of aromatic amines is 1. The Balaban J connectivity index is 1.98. The minimum atomic E-state index is -0.637. The van der Waals surface area contributed by atoms with Crippen LogP contribution in [0.3, 0.4) is 0 Å². The summed E-state index contributed by atoms with van der Waals surface area (Å²) in [4.78, 5) is 31.2. The third-order valence-electron chi connectivity index (χ3n) is 5.26. The lowest BCUT2D eigenvalue weighted by Gasteiger charge is -2.22. The minimum absolute atomic E-state index is 0.0304. The summed E-state index contributed by atoms with van der Waals surface area (Å²) in [5.41, 5.74) is 13.7. The Kier molecular flexibility index (Phi) is 7.06. The predicted molar refractivity (Wildman–Crippen MR) is 130 cm³/mol. The van der Waals surface area contributed by atoms with Gasteiger partial charge in [-0.15, -0.1) is 0 Å². The monoisotopic (exact) mass is 450 g/mol. The molecule has 0 saturated carbocycles. The lowest BCUT2D eigenvalue weighted by atomic mass is 9.85. The fourth-order valence-corrected chi connectivity index (χ4v) is 3.57. The topological polar surface area (TPSA) is 133 Å². The molecule has 3 aromatic rings. The molecule has 0 aliphatic heterocycles. The number of hydrogen-bond acceptors (Lipinski definition) is 7. The van der Waals surface area contributed by atoms with Crippen LogP contribution in [0.5, 0.6) is 5.75 Å². The summed E-state index contributed by atoms with van der Waals surface area (Å²) in [6.45, 7) is 8.23. The van der Waals surface area contributed by atoms with Crippen molar-refractivity contribution in [1.29, 1.82) is 0 Å². The van der Waals surface area contributed by atoms with Crippen LogP contribution in [-0.4, -0.2) is 29.2 Å². The fourth-order valence-electron chi connectivity index (χ4n) is 3.57. The van der Waals surface area contributed by atoms with E-state index in [1.165, 1.54) is 0 Å². The number of nitrogen functional groups attached to an aromatic ring is 2. The van der Waals surface area contributed by atoms with Crippen molar-refractivity contribution in [1.82, 2.24) is 9.97 Å². The first-order chi connectivity index (χ1) is 15.7. The van der Waals surface area contributed by atoms with Gasteiger partial charge < -0.3 is 25.9 Å². The maximum atomic E-state index is 12.3. The zero-order chi connectivity index (χ0) is 24.2. The van der Waals surface area contributed by atoms with Gasteiger partial charge in [0, 0.05) is 0 Å². The number of carbonyl (C=O) groups is 1. The molecule has 5 N–H and O–H groups in total. The molecule has 0 unspecified atom stereocenters. The molecular weight excluding hydrogens is 420 g/mol. The second-order valence-corrected chi connectivity index (χ2v) is 8.34. The first-order valence-electron chi connectivity index (χ1n) is 10.8. The molecule has 0 amide bonds. The third-order valence-corrected chi connectivity index (χ3v) is 5.26. The van der Waals surface area contributed by atoms with E-state index < -0.39 is 11.0 Å². The van der Waals surface area contributed by atoms with Crippen molar-refractivity contribution in [3.05, 3.63) is 58.4 Å². The summed E-state index contributed by atoms with van der Waals surface area (Å²) < 4.78 is 11.0. The molecule has 8 heteroatoms. The summed E-state index contributed by atoms with van der Waals surface area (Å²) >= 11 is 0. The van der Waals surface area contributed by atoms with E-state index in [0.717, 1.165) is 16.7 Å². The van der Waals surface area contributed by atoms with E-state index in [2.05, 4.69) is 9.97 Å². The number of ether oxygens (including phenoxy) is 2. The smallest absolute Gasteiger partial charge is 0.311 e. The summed E-state index contributed by atoms with van der Waals surface area (Å²) in [5, 5.41) is 0. The molecule has 8 nitrogen and oxygen atoms in total. The highest BCUT2D eigenvalue weighted by atomic mass is 16.5. The van der Waals surface area contributed by atoms with E-state index in [9.17, 15) is 9.59 Å². The predicted octanol–water partition coefficient (Wildman–Crippen LogP) is 3.80. The number of H-pyrrole nitrogens is 1. The zero-order valence-corrected chi connectivity index (χ0v) is 19.4. The maximum absolute atomic E-state index is 12.3. The van der Waals surface area contributed by atoms with E-state index in [4.69, 9.17) is 20.9 Å². The number of nitrogens with two attached hydrogens (primary N) is 2. The van der Waals surface area contributed by atoms with E-state index in [1.807, 2.05) is 63.2 Å². The van der Waals surface area contributed by atoms with Gasteiger partial charge in [-0.1, -0.05) is 30.3 Å². The molecular formula is C25H30N4O4. The van der Waals surface area contributed by atoms with Crippen LogP contribution >= 0.6 is 0 Å². The first kappa shape index (κ1) is 23.8. The van der Waals surface area contributed by atoms with Crippen molar-refractivity contribution in [2.45, 2.75) is 34.1 Å². The fraction of sp³-hybridized carbons (Fsp3) is 0.320. The van der Waals surface area contributed by atoms with Gasteiger partial charge in [-0.25, -0.2) is 4.98 Å². The molecule has 0 aliphatic carbocycles. The molecule has 0 fully saturated rings. The highest BCUT2D eigenvalue weighted by molar-refractivity contribution is 5.77. The molecule has 0 radical (unpaired) electrons. The SMILES string of the molecule is CCOC(=O)C(C)(C)Cc1cccc(-c2ccc(-c3nc(N)c(N)c(=O)[nH]3)c(OCC)c2)c1. The van der Waals surface area contributed by atoms with Crippen molar-refractivity contribution in [2.75, 3.05) is 24.7 Å². The average Bonchev–Trinajstić information content (AvgIpc) is 2.77. The van der Waals surface area contributed by atoms with Gasteiger partial charge in [0.05, 0.1) is 24.2 Å². The van der Waals surface area contributed by atoms with Crippen molar-refractivity contribution in [2.24, 2.45) is 5.41 Å². The Morgan fingerprint density at radius 3 is 2.45 bits per heavy atom. The molecule has 174 valence electrons. The van der Waals surface area contributed by atoms with Crippen molar-refractivity contribution >= 4 is 17.5 Å². The molecule has 0 atom stereocenters. The Morgan fingerprint density at radius 1 is 1.06 bits per heavy atom. The van der Waals surface area contributed by atoms with Crippen molar-refractivity contribution in [3.63, 3.8) is 0 Å². The number of nitrogens with one attached hydrogen (secondary N) is 1. The summed E-state index contributed by atoms with van der Waals surface area (Å²) in [7, 11) is 0. The quantitative estimate of drug-likeness (QED) is 0.445. The number of anilines is 2. The molecule has 0 aliphatic rings. The number of esters is 1. The Bertz CT molecular complexity index is 1220. The average molecular weight is 451 g/mol. The third kappa shape index (κ3) is 5.34. The van der Waals surface area contributed by atoms with Crippen molar-refractivity contribution < 1.29 is 14.3 Å². The molecule has 1 heterocycles. The normalized spacial score (nSPS) is 11.3. The summed E-state index contributed by atoms with van der Waals surface area (Å²) in [6, 6.07) is 13.6. The van der Waals surface area contributed by atoms with Crippen LogP contribution in [-0.2, 0) is 16.0 Å². The van der Waals surface area contributed by atoms with Crippen LogP contribution in [0, 0.1) is 5.41 Å². The van der Waals surface area contributed by atoms with Gasteiger partial charge in [-0.2, -0.15) is 0 Å². The van der Waals surface area contributed by atoms with Gasteiger partial charge in [-0.05, 0) is 62.9 Å². The van der Waals surface area contributed by atoms with E-state index >= 15 is 0 Å². The van der Waals surface area contributed by atoms with Gasteiger partial charge in [0.1, 0.15) is 17.3 Å². The molecule has 1 aromatic heterocycles. The Morgan fingerprint density at radius 2 is 1.79 bits per heavy atom. The molecule has 33 heavy (non-hydrogen) atoms. The van der Waals surface area contributed by atoms with Crippen LogP contribution < -0.4 is 21.8 Å². The van der Waals surface area contributed by atoms with Crippen LogP contribution in [0.25, 0.3) is 22.5 Å². The lowest BCUT2D eigenvalue weighted by Crippen LogP contribution is -2.29. The van der Waals surface area contributed by atoms with Gasteiger partial charge in [0.15, 0.2) is 5.82 Å². The lowest BCUT2D eigenvalue weighted by molar-refractivity contribution is -0.153. The molecule has 3 rings (SSSR count). The minimum Gasteiger partial charge on any atom is -0.493 e. The Labute approximate surface area is 192 Å². The largest absolute Gasteiger partial charge is 0.493 e. The van der Waals surface area contributed by atoms with Gasteiger partial charge in [-0.3, -0.25) is 9.59 Å². The Hall–Kier alpha value is -3.81. The van der Waals surface area contributed by atoms with E-state index in [1.54, 1.807) is 6.92 Å². The number of hydrogen-bond donors (Lipinski definition) is 3. The van der Waals surface area contributed by atoms with Crippen LogP contribution in [0.15, 0.2) is 47.3 Å². The van der Waals surface area contributed by atoms with Gasteiger partial charge >= 0.3 is 5.97 Å². The summed E-state index contributed by atoms with van der Waals surface area (Å²) in [6.07, 6.45) is 0.548. The number of aromatic nitrogens is 2. The standard InChI is InChI=1S/C25H30N4O4/c1-5-32-19-13-17(10-11-18(19)22-28-21(27)20(26)23(30)29-22)16-9-7-8-15(12-16)14-25(3,4)24(31)33-6-2/h7-13H,5-6,14,26H2,1-4H3,(H3,27,28,29,30). The van der Waals surface area contributed by atoms with Gasteiger partial charge in [0.25, 0.3) is 5.56 Å². The number of benzene rings is 2. The van der Waals surface area contributed by atoms with Crippen LogP contribution in [0.2, 0.25) is 0 Å². The molecule has 0 bridgehead atoms. The maximum Gasteiger partial charge on any atom is 0.311 e. The van der Waals surface area contributed by atoms with Gasteiger partial charge in [0.2, 0.25) is 0 Å². The number of carbonyl (C=O) groups excluding carboxylic acids is 1. The molecule has 2 aromatic carbocycles. The highest BCUT2D eigenvalue weighted by Gasteiger charge is 2.29. The van der Waals surface area contributed by atoms with E-state index in [0.29, 0.717) is 30.9 Å². The second-order valence-electron chi connectivity index (χ2n) is 8.34. The first-order valence-corrected chi connectivity index (χ1v) is 10.8.